The minimum atomic E-state index is 0.993. The van der Waals surface area contributed by atoms with Gasteiger partial charge in [0.15, 0.2) is 0 Å². The van der Waals surface area contributed by atoms with Gasteiger partial charge >= 0.3 is 0 Å². The standard InChI is InChI=1S/C10H21I/c1-3-5-6-7-8-10(4-2)9-11/h10H,3-9H2,1-2H3. The van der Waals surface area contributed by atoms with Crippen LogP contribution in [0.4, 0.5) is 0 Å². The molecule has 0 N–H and O–H groups in total. The van der Waals surface area contributed by atoms with Crippen molar-refractivity contribution in [3.8, 4) is 0 Å². The van der Waals surface area contributed by atoms with Crippen LogP contribution in [0.3, 0.4) is 0 Å². The van der Waals surface area contributed by atoms with Gasteiger partial charge in [0.1, 0.15) is 0 Å². The predicted octanol–water partition coefficient (Wildman–Crippen LogP) is 4.42. The molecule has 0 amide bonds. The molecule has 0 bridgehead atoms. The Morgan fingerprint density at radius 2 is 1.82 bits per heavy atom. The Balaban J connectivity index is 3.07. The normalized spacial score (nSPS) is 13.4. The van der Waals surface area contributed by atoms with Crippen molar-refractivity contribution in [3.63, 3.8) is 0 Å². The van der Waals surface area contributed by atoms with Gasteiger partial charge in [0.25, 0.3) is 0 Å². The monoisotopic (exact) mass is 268 g/mol. The lowest BCUT2D eigenvalue weighted by molar-refractivity contribution is 0.489. The van der Waals surface area contributed by atoms with E-state index in [1.165, 1.54) is 43.0 Å². The minimum Gasteiger partial charge on any atom is -0.0861 e. The fourth-order valence-corrected chi connectivity index (χ4v) is 2.31. The SMILES string of the molecule is CCCCCCC(CC)CI. The van der Waals surface area contributed by atoms with Crippen molar-refractivity contribution in [3.05, 3.63) is 0 Å². The third-order valence-corrected chi connectivity index (χ3v) is 3.51. The summed E-state index contributed by atoms with van der Waals surface area (Å²) < 4.78 is 1.35. The Hall–Kier alpha value is 0.730. The molecule has 1 atom stereocenters. The van der Waals surface area contributed by atoms with Crippen LogP contribution in [-0.4, -0.2) is 4.43 Å². The quantitative estimate of drug-likeness (QED) is 0.364. The number of hydrogen-bond donors (Lipinski definition) is 0. The summed E-state index contributed by atoms with van der Waals surface area (Å²) in [5.74, 6) is 0.993. The summed E-state index contributed by atoms with van der Waals surface area (Å²) >= 11 is 2.51. The van der Waals surface area contributed by atoms with E-state index in [1.54, 1.807) is 0 Å². The maximum atomic E-state index is 2.51. The van der Waals surface area contributed by atoms with Gasteiger partial charge < -0.3 is 0 Å². The highest BCUT2D eigenvalue weighted by Crippen LogP contribution is 2.16. The van der Waals surface area contributed by atoms with Crippen LogP contribution in [0.1, 0.15) is 52.4 Å². The molecular formula is C10H21I. The molecule has 0 aromatic heterocycles. The molecule has 1 heteroatoms. The molecule has 0 spiro atoms. The highest BCUT2D eigenvalue weighted by molar-refractivity contribution is 14.1. The van der Waals surface area contributed by atoms with Crippen molar-refractivity contribution in [1.82, 2.24) is 0 Å². The van der Waals surface area contributed by atoms with Crippen LogP contribution in [0.25, 0.3) is 0 Å². The zero-order chi connectivity index (χ0) is 8.53. The summed E-state index contributed by atoms with van der Waals surface area (Å²) in [6.07, 6.45) is 8.52. The zero-order valence-corrected chi connectivity index (χ0v) is 10.1. The molecule has 11 heavy (non-hydrogen) atoms. The molecule has 0 aliphatic carbocycles. The van der Waals surface area contributed by atoms with Crippen molar-refractivity contribution in [2.75, 3.05) is 4.43 Å². The maximum Gasteiger partial charge on any atom is 0.00236 e. The summed E-state index contributed by atoms with van der Waals surface area (Å²) in [6.45, 7) is 4.58. The molecule has 0 saturated heterocycles. The third kappa shape index (κ3) is 7.10. The van der Waals surface area contributed by atoms with E-state index in [0.29, 0.717) is 0 Å². The largest absolute Gasteiger partial charge is 0.0861 e. The first-order chi connectivity index (χ1) is 5.35. The third-order valence-electron chi connectivity index (χ3n) is 2.26. The number of halogens is 1. The molecule has 0 rings (SSSR count). The lowest BCUT2D eigenvalue weighted by atomic mass is 10.0. The molecule has 0 heterocycles. The minimum absolute atomic E-state index is 0.993. The van der Waals surface area contributed by atoms with Gasteiger partial charge in [-0.05, 0) is 12.3 Å². The van der Waals surface area contributed by atoms with E-state index in [-0.39, 0.29) is 0 Å². The topological polar surface area (TPSA) is 0 Å². The number of alkyl halides is 1. The van der Waals surface area contributed by atoms with Gasteiger partial charge in [0, 0.05) is 4.43 Å². The number of rotatable bonds is 7. The molecule has 0 fully saturated rings. The van der Waals surface area contributed by atoms with E-state index in [4.69, 9.17) is 0 Å². The van der Waals surface area contributed by atoms with E-state index in [2.05, 4.69) is 36.4 Å². The molecule has 0 saturated carbocycles. The molecule has 0 radical (unpaired) electrons. The van der Waals surface area contributed by atoms with Crippen LogP contribution < -0.4 is 0 Å². The van der Waals surface area contributed by atoms with Crippen molar-refractivity contribution >= 4 is 22.6 Å². The van der Waals surface area contributed by atoms with E-state index in [0.717, 1.165) is 5.92 Å². The first-order valence-electron chi connectivity index (χ1n) is 4.91. The zero-order valence-electron chi connectivity index (χ0n) is 7.91. The van der Waals surface area contributed by atoms with Crippen LogP contribution >= 0.6 is 22.6 Å². The Morgan fingerprint density at radius 1 is 1.09 bits per heavy atom. The van der Waals surface area contributed by atoms with Gasteiger partial charge in [-0.3, -0.25) is 0 Å². The highest BCUT2D eigenvalue weighted by Gasteiger charge is 2.02. The van der Waals surface area contributed by atoms with Gasteiger partial charge in [-0.2, -0.15) is 0 Å². The number of hydrogen-bond acceptors (Lipinski definition) is 0. The summed E-state index contributed by atoms with van der Waals surface area (Å²) in [5, 5.41) is 0. The molecule has 0 aliphatic rings. The molecule has 0 aliphatic heterocycles. The van der Waals surface area contributed by atoms with Gasteiger partial charge in [-0.1, -0.05) is 68.5 Å². The van der Waals surface area contributed by atoms with Crippen molar-refractivity contribution in [1.29, 1.82) is 0 Å². The van der Waals surface area contributed by atoms with Crippen molar-refractivity contribution in [2.45, 2.75) is 52.4 Å². The second-order valence-corrected chi connectivity index (χ2v) is 4.16. The molecular weight excluding hydrogens is 247 g/mol. The smallest absolute Gasteiger partial charge is 0.00236 e. The first-order valence-corrected chi connectivity index (χ1v) is 6.43. The van der Waals surface area contributed by atoms with E-state index >= 15 is 0 Å². The number of unbranched alkanes of at least 4 members (excludes halogenated alkanes) is 3. The summed E-state index contributed by atoms with van der Waals surface area (Å²) in [4.78, 5) is 0. The second kappa shape index (κ2) is 8.82. The summed E-state index contributed by atoms with van der Waals surface area (Å²) in [7, 11) is 0. The predicted molar refractivity (Wildman–Crippen MR) is 61.4 cm³/mol. The van der Waals surface area contributed by atoms with E-state index in [9.17, 15) is 0 Å². The average molecular weight is 268 g/mol. The van der Waals surface area contributed by atoms with Crippen LogP contribution in [0.15, 0.2) is 0 Å². The lowest BCUT2D eigenvalue weighted by Crippen LogP contribution is -1.99. The summed E-state index contributed by atoms with van der Waals surface area (Å²) in [5.41, 5.74) is 0. The molecule has 0 aromatic carbocycles. The molecule has 1 unspecified atom stereocenters. The maximum absolute atomic E-state index is 2.51. The van der Waals surface area contributed by atoms with Gasteiger partial charge in [-0.25, -0.2) is 0 Å². The first kappa shape index (κ1) is 11.7. The molecule has 68 valence electrons. The fraction of sp³-hybridized carbons (Fsp3) is 1.00. The van der Waals surface area contributed by atoms with E-state index in [1.807, 2.05) is 0 Å². The van der Waals surface area contributed by atoms with Gasteiger partial charge in [-0.15, -0.1) is 0 Å². The van der Waals surface area contributed by atoms with Crippen LogP contribution in [0, 0.1) is 5.92 Å². The van der Waals surface area contributed by atoms with Crippen LogP contribution in [0.2, 0.25) is 0 Å². The van der Waals surface area contributed by atoms with Crippen molar-refractivity contribution in [2.24, 2.45) is 5.92 Å². The van der Waals surface area contributed by atoms with Crippen molar-refractivity contribution < 1.29 is 0 Å². The van der Waals surface area contributed by atoms with Crippen LogP contribution in [0.5, 0.6) is 0 Å². The highest BCUT2D eigenvalue weighted by atomic mass is 127. The molecule has 0 nitrogen and oxygen atoms in total. The second-order valence-electron chi connectivity index (χ2n) is 3.28. The van der Waals surface area contributed by atoms with Gasteiger partial charge in [0.2, 0.25) is 0 Å². The Labute approximate surface area is 85.3 Å². The average Bonchev–Trinajstić information content (AvgIpc) is 2.05. The Bertz CT molecular complexity index is 67.3. The Kier molecular flexibility index (Phi) is 9.41. The Morgan fingerprint density at radius 3 is 2.27 bits per heavy atom. The van der Waals surface area contributed by atoms with Gasteiger partial charge in [0.05, 0.1) is 0 Å². The fourth-order valence-electron chi connectivity index (χ4n) is 1.25. The van der Waals surface area contributed by atoms with E-state index < -0.39 is 0 Å². The molecule has 0 aromatic rings. The van der Waals surface area contributed by atoms with Crippen LogP contribution in [-0.2, 0) is 0 Å². The summed E-state index contributed by atoms with van der Waals surface area (Å²) in [6, 6.07) is 0. The lowest BCUT2D eigenvalue weighted by Gasteiger charge is -2.09.